The summed E-state index contributed by atoms with van der Waals surface area (Å²) >= 11 is 5.71. The number of piperazine rings is 1. The Morgan fingerprint density at radius 1 is 1.23 bits per heavy atom. The quantitative estimate of drug-likeness (QED) is 0.652. The second kappa shape index (κ2) is 7.15. The number of amides is 1. The highest BCUT2D eigenvalue weighted by Crippen LogP contribution is 2.46. The third kappa shape index (κ3) is 3.73. The first kappa shape index (κ1) is 20.2. The van der Waals surface area contributed by atoms with Gasteiger partial charge >= 0.3 is 12.3 Å². The van der Waals surface area contributed by atoms with Gasteiger partial charge in [0.15, 0.2) is 0 Å². The minimum atomic E-state index is -4.61. The van der Waals surface area contributed by atoms with Crippen molar-refractivity contribution >= 4 is 35.0 Å². The highest BCUT2D eigenvalue weighted by Gasteiger charge is 2.45. The van der Waals surface area contributed by atoms with Crippen LogP contribution in [0.15, 0.2) is 24.4 Å². The molecule has 31 heavy (non-hydrogen) atoms. The maximum atomic E-state index is 12.9. The van der Waals surface area contributed by atoms with E-state index in [1.54, 1.807) is 0 Å². The number of halogens is 4. The summed E-state index contributed by atoms with van der Waals surface area (Å²) in [4.78, 5) is 22.6. The predicted octanol–water partition coefficient (Wildman–Crippen LogP) is 4.71. The Hall–Kier alpha value is -2.75. The molecule has 11 heteroatoms. The number of rotatable bonds is 4. The molecule has 1 saturated carbocycles. The number of hydrogen-bond acceptors (Lipinski definition) is 5. The van der Waals surface area contributed by atoms with Gasteiger partial charge in [-0.25, -0.2) is 14.8 Å². The molecule has 2 saturated heterocycles. The molecule has 2 aromatic rings. The minimum absolute atomic E-state index is 0.00461. The van der Waals surface area contributed by atoms with Gasteiger partial charge in [0.1, 0.15) is 10.7 Å². The lowest BCUT2D eigenvalue weighted by atomic mass is 10.1. The summed E-state index contributed by atoms with van der Waals surface area (Å²) in [5.74, 6) is 0.368. The fraction of sp³-hybridized carbons (Fsp3) is 0.450. The summed E-state index contributed by atoms with van der Waals surface area (Å²) in [5, 5.41) is 11.7. The van der Waals surface area contributed by atoms with Crippen LogP contribution in [-0.4, -0.2) is 51.2 Å². The van der Waals surface area contributed by atoms with Gasteiger partial charge in [0.2, 0.25) is 5.95 Å². The smallest absolute Gasteiger partial charge is 0.420 e. The number of nitrogens with one attached hydrogen (secondary N) is 1. The Balaban J connectivity index is 1.38. The maximum absolute atomic E-state index is 12.9. The van der Waals surface area contributed by atoms with Gasteiger partial charge in [-0.1, -0.05) is 11.6 Å². The third-order valence-electron chi connectivity index (χ3n) is 6.16. The van der Waals surface area contributed by atoms with E-state index in [-0.39, 0.29) is 18.0 Å². The topological polar surface area (TPSA) is 81.6 Å². The monoisotopic (exact) mass is 453 g/mol. The van der Waals surface area contributed by atoms with Crippen molar-refractivity contribution in [3.8, 4) is 0 Å². The first-order valence-corrected chi connectivity index (χ1v) is 10.4. The minimum Gasteiger partial charge on any atom is -0.465 e. The van der Waals surface area contributed by atoms with Crippen LogP contribution >= 0.6 is 11.6 Å². The molecule has 1 aromatic heterocycles. The molecule has 1 aromatic carbocycles. The maximum Gasteiger partial charge on any atom is 0.420 e. The molecule has 2 atom stereocenters. The van der Waals surface area contributed by atoms with Crippen LogP contribution < -0.4 is 10.2 Å². The van der Waals surface area contributed by atoms with Crippen LogP contribution in [0.3, 0.4) is 0 Å². The van der Waals surface area contributed by atoms with Crippen LogP contribution in [0.2, 0.25) is 5.15 Å². The number of nitrogens with zero attached hydrogens (tertiary/aromatic N) is 4. The van der Waals surface area contributed by atoms with Crippen molar-refractivity contribution < 1.29 is 23.1 Å². The largest absolute Gasteiger partial charge is 0.465 e. The van der Waals surface area contributed by atoms with E-state index in [1.807, 2.05) is 12.1 Å². The fourth-order valence-corrected chi connectivity index (χ4v) is 4.76. The van der Waals surface area contributed by atoms with Gasteiger partial charge in [-0.15, -0.1) is 0 Å². The average Bonchev–Trinajstić information content (AvgIpc) is 3.34. The standard InChI is InChI=1S/C20H19ClF3N5O2/c21-17-15(20(22,23)24)7-25-18(27-17)26-16-4-3-11(6-14(16)10-1-2-10)28-8-13-5-12(28)9-29(13)19(30)31/h3-4,6-7,10,12-13H,1-2,5,8-9H2,(H,30,31)(H,25,26,27)/t12-,13-/m0/s1. The molecule has 5 rings (SSSR count). The summed E-state index contributed by atoms with van der Waals surface area (Å²) in [5.41, 5.74) is 1.74. The van der Waals surface area contributed by atoms with E-state index >= 15 is 0 Å². The average molecular weight is 454 g/mol. The van der Waals surface area contributed by atoms with E-state index < -0.39 is 23.0 Å². The van der Waals surface area contributed by atoms with Crippen molar-refractivity contribution in [1.29, 1.82) is 0 Å². The summed E-state index contributed by atoms with van der Waals surface area (Å²) in [6.45, 7) is 1.15. The normalized spacial score (nSPS) is 22.8. The van der Waals surface area contributed by atoms with Crippen molar-refractivity contribution in [3.63, 3.8) is 0 Å². The van der Waals surface area contributed by atoms with Crippen LogP contribution in [-0.2, 0) is 6.18 Å². The zero-order valence-electron chi connectivity index (χ0n) is 16.2. The number of alkyl halides is 3. The molecule has 7 nitrogen and oxygen atoms in total. The first-order valence-electron chi connectivity index (χ1n) is 9.97. The number of likely N-dealkylation sites (tertiary alicyclic amines) is 1. The lowest BCUT2D eigenvalue weighted by molar-refractivity contribution is -0.137. The highest BCUT2D eigenvalue weighted by atomic mass is 35.5. The van der Waals surface area contributed by atoms with Crippen molar-refractivity contribution in [2.75, 3.05) is 23.3 Å². The number of carbonyl (C=O) groups is 1. The van der Waals surface area contributed by atoms with Gasteiger partial charge in [-0.2, -0.15) is 13.2 Å². The Bertz CT molecular complexity index is 1050. The molecular weight excluding hydrogens is 435 g/mol. The molecule has 2 bridgehead atoms. The predicted molar refractivity (Wildman–Crippen MR) is 108 cm³/mol. The van der Waals surface area contributed by atoms with Gasteiger partial charge in [0.25, 0.3) is 0 Å². The third-order valence-corrected chi connectivity index (χ3v) is 6.45. The number of aromatic nitrogens is 2. The van der Waals surface area contributed by atoms with Crippen LogP contribution in [0.5, 0.6) is 0 Å². The highest BCUT2D eigenvalue weighted by molar-refractivity contribution is 6.30. The van der Waals surface area contributed by atoms with Gasteiger partial charge < -0.3 is 20.2 Å². The Morgan fingerprint density at radius 2 is 2.00 bits per heavy atom. The van der Waals surface area contributed by atoms with Gasteiger partial charge in [0.05, 0.1) is 6.04 Å². The lowest BCUT2D eigenvalue weighted by Gasteiger charge is -2.34. The van der Waals surface area contributed by atoms with E-state index in [0.717, 1.165) is 36.2 Å². The zero-order chi connectivity index (χ0) is 21.9. The molecule has 2 aliphatic heterocycles. The summed E-state index contributed by atoms with van der Waals surface area (Å²) in [6, 6.07) is 6.05. The Kier molecular flexibility index (Phi) is 4.65. The molecule has 2 N–H and O–H groups in total. The molecule has 0 radical (unpaired) electrons. The second-order valence-electron chi connectivity index (χ2n) is 8.20. The van der Waals surface area contributed by atoms with Crippen LogP contribution in [0.25, 0.3) is 0 Å². The van der Waals surface area contributed by atoms with E-state index in [0.29, 0.717) is 25.2 Å². The SMILES string of the molecule is O=C(O)N1C[C@@H]2C[C@H]1CN2c1ccc(Nc2ncc(C(F)(F)F)c(Cl)n2)c(C2CC2)c1. The molecule has 3 heterocycles. The van der Waals surface area contributed by atoms with Crippen LogP contribution in [0.4, 0.5) is 35.3 Å². The van der Waals surface area contributed by atoms with E-state index in [4.69, 9.17) is 11.6 Å². The van der Waals surface area contributed by atoms with Crippen molar-refractivity contribution in [1.82, 2.24) is 14.9 Å². The molecule has 1 aliphatic carbocycles. The lowest BCUT2D eigenvalue weighted by Crippen LogP contribution is -2.48. The number of anilines is 3. The summed E-state index contributed by atoms with van der Waals surface area (Å²) in [7, 11) is 0. The summed E-state index contributed by atoms with van der Waals surface area (Å²) in [6.07, 6.45) is -1.92. The van der Waals surface area contributed by atoms with Gasteiger partial charge in [-0.05, 0) is 48.9 Å². The molecule has 3 aliphatic rings. The molecule has 1 amide bonds. The molecule has 3 fully saturated rings. The molecule has 0 spiro atoms. The molecular formula is C20H19ClF3N5O2. The van der Waals surface area contributed by atoms with E-state index in [2.05, 4.69) is 26.3 Å². The van der Waals surface area contributed by atoms with Crippen molar-refractivity contribution in [3.05, 3.63) is 40.7 Å². The fourth-order valence-electron chi connectivity index (χ4n) is 4.52. The van der Waals surface area contributed by atoms with Gasteiger partial charge in [-0.3, -0.25) is 0 Å². The Labute approximate surface area is 180 Å². The van der Waals surface area contributed by atoms with Crippen molar-refractivity contribution in [2.24, 2.45) is 0 Å². The van der Waals surface area contributed by atoms with E-state index in [9.17, 15) is 23.1 Å². The molecule has 164 valence electrons. The Morgan fingerprint density at radius 3 is 2.58 bits per heavy atom. The van der Waals surface area contributed by atoms with Gasteiger partial charge in [0, 0.05) is 36.7 Å². The number of hydrogen-bond donors (Lipinski definition) is 2. The molecule has 0 unspecified atom stereocenters. The zero-order valence-corrected chi connectivity index (χ0v) is 17.0. The number of carboxylic acid groups (broad SMARTS) is 1. The first-order chi connectivity index (χ1) is 14.7. The number of benzene rings is 1. The summed E-state index contributed by atoms with van der Waals surface area (Å²) < 4.78 is 38.7. The van der Waals surface area contributed by atoms with Crippen LogP contribution in [0.1, 0.15) is 36.3 Å². The second-order valence-corrected chi connectivity index (χ2v) is 8.56. The number of fused-ring (bicyclic) bond motifs is 2. The van der Waals surface area contributed by atoms with Crippen molar-refractivity contribution in [2.45, 2.75) is 43.4 Å². The van der Waals surface area contributed by atoms with Crippen LogP contribution in [0, 0.1) is 0 Å². The van der Waals surface area contributed by atoms with E-state index in [1.165, 1.54) is 4.90 Å².